The third-order valence-corrected chi connectivity index (χ3v) is 1.43. The molecule has 58 valence electrons. The highest BCUT2D eigenvalue weighted by Crippen LogP contribution is 2.18. The summed E-state index contributed by atoms with van der Waals surface area (Å²) in [5.41, 5.74) is 6.69. The maximum atomic E-state index is 10.1. The summed E-state index contributed by atoms with van der Waals surface area (Å²) in [5.74, 6) is 0.122. The standard InChI is InChI=1S/C8H9NO2/c9-8-5-7(11)2-1-6(8)3-4-10/h1-2,4-5,11H,3,9H2. The molecule has 0 spiro atoms. The van der Waals surface area contributed by atoms with E-state index in [0.717, 1.165) is 11.8 Å². The lowest BCUT2D eigenvalue weighted by atomic mass is 10.1. The Morgan fingerprint density at radius 2 is 2.27 bits per heavy atom. The van der Waals surface area contributed by atoms with Crippen LogP contribution >= 0.6 is 0 Å². The number of nitrogens with two attached hydrogens (primary N) is 1. The van der Waals surface area contributed by atoms with E-state index in [-0.39, 0.29) is 5.75 Å². The van der Waals surface area contributed by atoms with Crippen molar-refractivity contribution in [3.05, 3.63) is 23.8 Å². The van der Waals surface area contributed by atoms with Crippen LogP contribution in [-0.4, -0.2) is 11.4 Å². The number of hydrogen-bond acceptors (Lipinski definition) is 3. The molecule has 11 heavy (non-hydrogen) atoms. The number of benzene rings is 1. The fourth-order valence-electron chi connectivity index (χ4n) is 0.858. The van der Waals surface area contributed by atoms with Crippen molar-refractivity contribution in [2.24, 2.45) is 0 Å². The highest BCUT2D eigenvalue weighted by Gasteiger charge is 1.97. The van der Waals surface area contributed by atoms with Gasteiger partial charge in [0.1, 0.15) is 12.0 Å². The Kier molecular flexibility index (Phi) is 2.11. The molecule has 0 aliphatic rings. The third kappa shape index (κ3) is 1.70. The minimum absolute atomic E-state index is 0.122. The minimum atomic E-state index is 0.122. The Hall–Kier alpha value is -1.51. The molecule has 0 unspecified atom stereocenters. The summed E-state index contributed by atoms with van der Waals surface area (Å²) in [6.07, 6.45) is 1.08. The first kappa shape index (κ1) is 7.60. The van der Waals surface area contributed by atoms with E-state index in [1.807, 2.05) is 0 Å². The molecule has 0 saturated heterocycles. The topological polar surface area (TPSA) is 63.3 Å². The summed E-state index contributed by atoms with van der Waals surface area (Å²) in [6.45, 7) is 0. The Morgan fingerprint density at radius 3 is 2.82 bits per heavy atom. The van der Waals surface area contributed by atoms with Crippen LogP contribution in [0.5, 0.6) is 5.75 Å². The number of phenolic OH excluding ortho intramolecular Hbond substituents is 1. The maximum absolute atomic E-state index is 10.1. The number of phenols is 1. The van der Waals surface area contributed by atoms with E-state index in [1.54, 1.807) is 6.07 Å². The van der Waals surface area contributed by atoms with Gasteiger partial charge in [-0.1, -0.05) is 6.07 Å². The van der Waals surface area contributed by atoms with Gasteiger partial charge in [0.2, 0.25) is 0 Å². The van der Waals surface area contributed by atoms with Crippen molar-refractivity contribution in [3.8, 4) is 5.75 Å². The molecule has 3 heteroatoms. The average molecular weight is 151 g/mol. The SMILES string of the molecule is Nc1cc(O)ccc1CC=O. The second kappa shape index (κ2) is 3.05. The number of hydrogen-bond donors (Lipinski definition) is 2. The molecule has 0 fully saturated rings. The van der Waals surface area contributed by atoms with Gasteiger partial charge < -0.3 is 15.6 Å². The Labute approximate surface area is 64.5 Å². The predicted molar refractivity (Wildman–Crippen MR) is 42.3 cm³/mol. The highest BCUT2D eigenvalue weighted by atomic mass is 16.3. The number of carbonyl (C=O) groups excluding carboxylic acids is 1. The first-order chi connectivity index (χ1) is 5.24. The quantitative estimate of drug-likeness (QED) is 0.483. The van der Waals surface area contributed by atoms with Gasteiger partial charge in [-0.3, -0.25) is 0 Å². The molecule has 1 rings (SSSR count). The van der Waals surface area contributed by atoms with Gasteiger partial charge in [0.05, 0.1) is 0 Å². The van der Waals surface area contributed by atoms with Gasteiger partial charge in [-0.25, -0.2) is 0 Å². The molecule has 0 atom stereocenters. The average Bonchev–Trinajstić information content (AvgIpc) is 1.95. The van der Waals surface area contributed by atoms with E-state index >= 15 is 0 Å². The van der Waals surface area contributed by atoms with Crippen molar-refractivity contribution in [2.45, 2.75) is 6.42 Å². The molecule has 0 amide bonds. The Balaban J connectivity index is 2.98. The van der Waals surface area contributed by atoms with Crippen molar-refractivity contribution < 1.29 is 9.90 Å². The largest absolute Gasteiger partial charge is 0.508 e. The summed E-state index contributed by atoms with van der Waals surface area (Å²) in [7, 11) is 0. The zero-order chi connectivity index (χ0) is 8.27. The van der Waals surface area contributed by atoms with E-state index < -0.39 is 0 Å². The predicted octanol–water partition coefficient (Wildman–Crippen LogP) is 0.716. The smallest absolute Gasteiger partial charge is 0.124 e. The van der Waals surface area contributed by atoms with Crippen molar-refractivity contribution in [1.29, 1.82) is 0 Å². The Bertz CT molecular complexity index is 271. The molecule has 3 nitrogen and oxygen atoms in total. The molecule has 0 saturated carbocycles. The second-order valence-corrected chi connectivity index (χ2v) is 2.25. The van der Waals surface area contributed by atoms with Crippen molar-refractivity contribution in [1.82, 2.24) is 0 Å². The van der Waals surface area contributed by atoms with E-state index in [2.05, 4.69) is 0 Å². The number of aldehydes is 1. The maximum Gasteiger partial charge on any atom is 0.124 e. The monoisotopic (exact) mass is 151 g/mol. The highest BCUT2D eigenvalue weighted by molar-refractivity contribution is 5.62. The summed E-state index contributed by atoms with van der Waals surface area (Å²) in [6, 6.07) is 4.58. The van der Waals surface area contributed by atoms with Crippen LogP contribution in [-0.2, 0) is 11.2 Å². The summed E-state index contributed by atoms with van der Waals surface area (Å²) < 4.78 is 0. The summed E-state index contributed by atoms with van der Waals surface area (Å²) >= 11 is 0. The Morgan fingerprint density at radius 1 is 1.55 bits per heavy atom. The lowest BCUT2D eigenvalue weighted by Gasteiger charge is -2.00. The van der Waals surface area contributed by atoms with E-state index in [1.165, 1.54) is 12.1 Å². The summed E-state index contributed by atoms with van der Waals surface area (Å²) in [5, 5.41) is 8.94. The van der Waals surface area contributed by atoms with Gasteiger partial charge in [-0.2, -0.15) is 0 Å². The van der Waals surface area contributed by atoms with E-state index in [9.17, 15) is 4.79 Å². The minimum Gasteiger partial charge on any atom is -0.508 e. The molecule has 0 aromatic heterocycles. The molecule has 0 radical (unpaired) electrons. The van der Waals surface area contributed by atoms with Crippen LogP contribution in [0.15, 0.2) is 18.2 Å². The van der Waals surface area contributed by atoms with Crippen LogP contribution in [0.4, 0.5) is 5.69 Å². The van der Waals surface area contributed by atoms with E-state index in [0.29, 0.717) is 12.1 Å². The number of aromatic hydroxyl groups is 1. The van der Waals surface area contributed by atoms with Crippen molar-refractivity contribution in [3.63, 3.8) is 0 Å². The first-order valence-electron chi connectivity index (χ1n) is 3.25. The van der Waals surface area contributed by atoms with Gasteiger partial charge >= 0.3 is 0 Å². The van der Waals surface area contributed by atoms with Crippen LogP contribution in [0.1, 0.15) is 5.56 Å². The molecule has 0 heterocycles. The van der Waals surface area contributed by atoms with Crippen LogP contribution in [0.2, 0.25) is 0 Å². The lowest BCUT2D eigenvalue weighted by Crippen LogP contribution is -1.94. The lowest BCUT2D eigenvalue weighted by molar-refractivity contribution is -0.107. The molecule has 1 aromatic carbocycles. The van der Waals surface area contributed by atoms with Gasteiger partial charge in [-0.05, 0) is 11.6 Å². The van der Waals surface area contributed by atoms with Gasteiger partial charge in [0.25, 0.3) is 0 Å². The number of rotatable bonds is 2. The molecule has 1 aromatic rings. The molecule has 0 aliphatic carbocycles. The molecule has 3 N–H and O–H groups in total. The third-order valence-electron chi connectivity index (χ3n) is 1.43. The van der Waals surface area contributed by atoms with E-state index in [4.69, 9.17) is 10.8 Å². The fraction of sp³-hybridized carbons (Fsp3) is 0.125. The van der Waals surface area contributed by atoms with Crippen LogP contribution in [0.25, 0.3) is 0 Å². The van der Waals surface area contributed by atoms with Crippen LogP contribution in [0.3, 0.4) is 0 Å². The van der Waals surface area contributed by atoms with Crippen LogP contribution in [0, 0.1) is 0 Å². The van der Waals surface area contributed by atoms with Crippen molar-refractivity contribution in [2.75, 3.05) is 5.73 Å². The number of carbonyl (C=O) groups is 1. The second-order valence-electron chi connectivity index (χ2n) is 2.25. The normalized spacial score (nSPS) is 9.45. The fourth-order valence-corrected chi connectivity index (χ4v) is 0.858. The van der Waals surface area contributed by atoms with Gasteiger partial charge in [0, 0.05) is 18.2 Å². The van der Waals surface area contributed by atoms with Crippen molar-refractivity contribution >= 4 is 12.0 Å². The van der Waals surface area contributed by atoms with Crippen LogP contribution < -0.4 is 5.73 Å². The molecular formula is C8H9NO2. The molecule has 0 bridgehead atoms. The zero-order valence-corrected chi connectivity index (χ0v) is 5.95. The van der Waals surface area contributed by atoms with Gasteiger partial charge in [-0.15, -0.1) is 0 Å². The molecule has 0 aliphatic heterocycles. The molecular weight excluding hydrogens is 142 g/mol. The number of anilines is 1. The first-order valence-corrected chi connectivity index (χ1v) is 3.25. The number of nitrogen functional groups attached to an aromatic ring is 1. The summed E-state index contributed by atoms with van der Waals surface area (Å²) in [4.78, 5) is 10.1. The zero-order valence-electron chi connectivity index (χ0n) is 5.95. The van der Waals surface area contributed by atoms with Gasteiger partial charge in [0.15, 0.2) is 0 Å².